The van der Waals surface area contributed by atoms with Gasteiger partial charge in [0, 0.05) is 26.0 Å². The van der Waals surface area contributed by atoms with Gasteiger partial charge in [0.1, 0.15) is 18.5 Å². The van der Waals surface area contributed by atoms with E-state index in [2.05, 4.69) is 44.2 Å². The van der Waals surface area contributed by atoms with Gasteiger partial charge in [-0.15, -0.1) is 11.3 Å². The molecule has 0 radical (unpaired) electrons. The molecule has 0 bridgehead atoms. The maximum absolute atomic E-state index is 13.5. The molecule has 11 nitrogen and oxygen atoms in total. The lowest BCUT2D eigenvalue weighted by molar-refractivity contribution is -0.119. The zero-order valence-corrected chi connectivity index (χ0v) is 32.6. The lowest BCUT2D eigenvalue weighted by Gasteiger charge is -2.45. The highest BCUT2D eigenvalue weighted by atomic mass is 32.1. The van der Waals surface area contributed by atoms with Crippen LogP contribution in [0.3, 0.4) is 0 Å². The van der Waals surface area contributed by atoms with Crippen LogP contribution in [0.25, 0.3) is 10.4 Å². The predicted molar refractivity (Wildman–Crippen MR) is 193 cm³/mol. The van der Waals surface area contributed by atoms with Crippen molar-refractivity contribution in [3.05, 3.63) is 41.5 Å². The number of carbonyl (C=O) groups is 2. The molecule has 1 saturated carbocycles. The largest absolute Gasteiger partial charge is 0.444 e. The molecule has 2 aliphatic rings. The molecule has 2 heterocycles. The van der Waals surface area contributed by atoms with Gasteiger partial charge in [-0.1, -0.05) is 45.0 Å². The Bertz CT molecular complexity index is 1320. The summed E-state index contributed by atoms with van der Waals surface area (Å²) < 4.78 is 35.2. The van der Waals surface area contributed by atoms with Gasteiger partial charge in [-0.05, 0) is 81.6 Å². The molecular formula is C36H57N3O8SSi. The van der Waals surface area contributed by atoms with Crippen LogP contribution in [0.2, 0.25) is 18.1 Å². The molecule has 1 aromatic heterocycles. The minimum absolute atomic E-state index is 0.0340. The molecule has 1 aliphatic carbocycles. The van der Waals surface area contributed by atoms with E-state index in [0.29, 0.717) is 38.2 Å². The first-order chi connectivity index (χ1) is 23.1. The Labute approximate surface area is 297 Å². The number of thiazole rings is 1. The van der Waals surface area contributed by atoms with Gasteiger partial charge in [-0.3, -0.25) is 9.88 Å². The highest BCUT2D eigenvalue weighted by Crippen LogP contribution is 2.42. The lowest BCUT2D eigenvalue weighted by atomic mass is 9.80. The number of aromatic nitrogens is 1. The number of hydrogen-bond acceptors (Lipinski definition) is 10. The molecule has 0 spiro atoms. The van der Waals surface area contributed by atoms with E-state index < -0.39 is 44.4 Å². The minimum Gasteiger partial charge on any atom is -0.444 e. The summed E-state index contributed by atoms with van der Waals surface area (Å²) in [5, 5.41) is 3.14. The molecule has 49 heavy (non-hydrogen) atoms. The van der Waals surface area contributed by atoms with Crippen molar-refractivity contribution >= 4 is 31.8 Å². The molecule has 274 valence electrons. The van der Waals surface area contributed by atoms with Gasteiger partial charge in [0.05, 0.1) is 36.2 Å². The summed E-state index contributed by atoms with van der Waals surface area (Å²) in [7, 11) is -0.194. The first kappa shape index (κ1) is 39.2. The van der Waals surface area contributed by atoms with Gasteiger partial charge in [-0.25, -0.2) is 9.59 Å². The second-order valence-electron chi connectivity index (χ2n) is 15.6. The number of benzene rings is 1. The van der Waals surface area contributed by atoms with Crippen LogP contribution in [0.5, 0.6) is 0 Å². The maximum Gasteiger partial charge on any atom is 0.410 e. The SMILES string of the molecule is COCCOCO[C@H]1CN(C(=O)OC(C)(C)C)[C@H](Cc2ccc(-c3cncs3)cc2)[C@@H]1OC(=O)NCCC1CC(O[Si](C)(C)C(C)(C)C)C1. The summed E-state index contributed by atoms with van der Waals surface area (Å²) in [6.45, 7) is 18.3. The van der Waals surface area contributed by atoms with Crippen LogP contribution in [0, 0.1) is 5.92 Å². The molecule has 0 unspecified atom stereocenters. The number of alkyl carbamates (subject to hydrolysis) is 1. The lowest BCUT2D eigenvalue weighted by Crippen LogP contribution is -2.48. The Kier molecular flexibility index (Phi) is 13.7. The van der Waals surface area contributed by atoms with Crippen molar-refractivity contribution < 1.29 is 37.7 Å². The van der Waals surface area contributed by atoms with E-state index in [1.165, 1.54) is 0 Å². The monoisotopic (exact) mass is 719 g/mol. The predicted octanol–water partition coefficient (Wildman–Crippen LogP) is 7.26. The molecule has 1 saturated heterocycles. The van der Waals surface area contributed by atoms with Gasteiger partial charge in [0.2, 0.25) is 0 Å². The van der Waals surface area contributed by atoms with Gasteiger partial charge < -0.3 is 33.4 Å². The second kappa shape index (κ2) is 17.1. The van der Waals surface area contributed by atoms with E-state index in [4.69, 9.17) is 28.1 Å². The Hall–Kier alpha value is -2.55. The van der Waals surface area contributed by atoms with Gasteiger partial charge in [0.15, 0.2) is 14.4 Å². The number of nitrogens with zero attached hydrogens (tertiary/aromatic N) is 2. The zero-order valence-electron chi connectivity index (χ0n) is 30.8. The van der Waals surface area contributed by atoms with Gasteiger partial charge in [-0.2, -0.15) is 0 Å². The number of rotatable bonds is 15. The maximum atomic E-state index is 13.5. The molecule has 4 rings (SSSR count). The Morgan fingerprint density at radius 3 is 2.39 bits per heavy atom. The molecule has 2 fully saturated rings. The van der Waals surface area contributed by atoms with Gasteiger partial charge >= 0.3 is 12.2 Å². The summed E-state index contributed by atoms with van der Waals surface area (Å²) in [5.74, 6) is 0.505. The van der Waals surface area contributed by atoms with Crippen molar-refractivity contribution in [1.82, 2.24) is 15.2 Å². The van der Waals surface area contributed by atoms with E-state index in [-0.39, 0.29) is 18.4 Å². The highest BCUT2D eigenvalue weighted by molar-refractivity contribution is 7.13. The molecule has 1 aliphatic heterocycles. The summed E-state index contributed by atoms with van der Waals surface area (Å²) in [6.07, 6.45) is 3.05. The normalized spacial score (nSPS) is 22.9. The highest BCUT2D eigenvalue weighted by Gasteiger charge is 2.49. The van der Waals surface area contributed by atoms with Crippen molar-refractivity contribution in [2.24, 2.45) is 5.92 Å². The summed E-state index contributed by atoms with van der Waals surface area (Å²) in [4.78, 5) is 33.7. The molecule has 2 amide bonds. The number of likely N-dealkylation sites (tertiary alicyclic amines) is 1. The van der Waals surface area contributed by atoms with Crippen LogP contribution < -0.4 is 5.32 Å². The van der Waals surface area contributed by atoms with Crippen molar-refractivity contribution in [2.45, 2.75) is 115 Å². The third-order valence-corrected chi connectivity index (χ3v) is 14.9. The summed E-state index contributed by atoms with van der Waals surface area (Å²) in [5.41, 5.74) is 3.15. The number of carbonyl (C=O) groups excluding carboxylic acids is 2. The van der Waals surface area contributed by atoms with Crippen LogP contribution in [-0.4, -0.2) is 101 Å². The van der Waals surface area contributed by atoms with Crippen LogP contribution in [0.1, 0.15) is 66.4 Å². The topological polar surface area (TPSA) is 118 Å². The molecule has 1 N–H and O–H groups in total. The van der Waals surface area contributed by atoms with E-state index in [9.17, 15) is 9.59 Å². The van der Waals surface area contributed by atoms with E-state index in [1.54, 1.807) is 28.9 Å². The van der Waals surface area contributed by atoms with Crippen LogP contribution >= 0.6 is 11.3 Å². The molecule has 1 aromatic carbocycles. The number of methoxy groups -OCH3 is 1. The number of nitrogens with one attached hydrogen (secondary N) is 1. The van der Waals surface area contributed by atoms with Crippen molar-refractivity contribution in [3.8, 4) is 10.4 Å². The van der Waals surface area contributed by atoms with E-state index in [0.717, 1.165) is 35.3 Å². The summed E-state index contributed by atoms with van der Waals surface area (Å²) in [6, 6.07) is 7.61. The Morgan fingerprint density at radius 2 is 1.78 bits per heavy atom. The van der Waals surface area contributed by atoms with Crippen LogP contribution in [0.15, 0.2) is 36.0 Å². The third-order valence-electron chi connectivity index (χ3n) is 9.59. The Morgan fingerprint density at radius 1 is 1.06 bits per heavy atom. The number of ether oxygens (including phenoxy) is 5. The molecular weight excluding hydrogens is 663 g/mol. The van der Waals surface area contributed by atoms with E-state index in [1.807, 2.05) is 51.2 Å². The zero-order chi connectivity index (χ0) is 35.8. The average Bonchev–Trinajstić information content (AvgIpc) is 3.64. The van der Waals surface area contributed by atoms with Crippen molar-refractivity contribution in [1.29, 1.82) is 0 Å². The fraction of sp³-hybridized carbons (Fsp3) is 0.694. The Balaban J connectivity index is 1.42. The standard InChI is InChI=1S/C36H57N3O8SSi/c1-35(2,3)46-34(41)39-22-30(44-24-43-17-16-42-7)32(29(39)20-25-10-12-27(13-11-25)31-21-37-23-48-31)45-33(40)38-15-14-26-18-28(19-26)47-49(8,9)36(4,5)6/h10-13,21,23,26,28-30,32H,14-20,22,24H2,1-9H3,(H,38,40)/t26?,28?,29-,30+,32+/m1/s1. The first-order valence-corrected chi connectivity index (χ1v) is 21.1. The molecule has 13 heteroatoms. The van der Waals surface area contributed by atoms with Crippen molar-refractivity contribution in [3.63, 3.8) is 0 Å². The van der Waals surface area contributed by atoms with Crippen LogP contribution in [-0.2, 0) is 34.5 Å². The fourth-order valence-electron chi connectivity index (χ4n) is 5.80. The number of hydrogen-bond donors (Lipinski definition) is 1. The molecule has 3 atom stereocenters. The fourth-order valence-corrected chi connectivity index (χ4v) is 7.81. The summed E-state index contributed by atoms with van der Waals surface area (Å²) >= 11 is 1.57. The smallest absolute Gasteiger partial charge is 0.410 e. The van der Waals surface area contributed by atoms with E-state index >= 15 is 0 Å². The quantitative estimate of drug-likeness (QED) is 0.115. The third kappa shape index (κ3) is 11.5. The first-order valence-electron chi connectivity index (χ1n) is 17.3. The minimum atomic E-state index is -1.79. The van der Waals surface area contributed by atoms with Gasteiger partial charge in [0.25, 0.3) is 0 Å². The second-order valence-corrected chi connectivity index (χ2v) is 21.3. The average molecular weight is 720 g/mol. The number of amides is 2. The molecule has 2 aromatic rings. The van der Waals surface area contributed by atoms with Crippen LogP contribution in [0.4, 0.5) is 9.59 Å². The van der Waals surface area contributed by atoms with Crippen molar-refractivity contribution in [2.75, 3.05) is 40.2 Å².